The zero-order chi connectivity index (χ0) is 17.5. The van der Waals surface area contributed by atoms with Gasteiger partial charge in [-0.25, -0.2) is 4.79 Å². The van der Waals surface area contributed by atoms with E-state index in [9.17, 15) is 18.0 Å². The number of hydrogen-bond acceptors (Lipinski definition) is 3. The number of carbonyl (C=O) groups is 1. The molecule has 1 aliphatic rings. The number of carbonyl (C=O) groups excluding carboxylic acids is 1. The van der Waals surface area contributed by atoms with Gasteiger partial charge in [-0.05, 0) is 18.2 Å². The maximum absolute atomic E-state index is 12.8. The lowest BCUT2D eigenvalue weighted by Gasteiger charge is -2.28. The third kappa shape index (κ3) is 3.34. The number of fused-ring (bicyclic) bond motifs is 1. The van der Waals surface area contributed by atoms with Crippen molar-refractivity contribution in [2.45, 2.75) is 19.3 Å². The van der Waals surface area contributed by atoms with Crippen molar-refractivity contribution >= 4 is 39.2 Å². The fourth-order valence-corrected chi connectivity index (χ4v) is 3.05. The number of halogens is 5. The first-order valence-corrected chi connectivity index (χ1v) is 7.93. The molecule has 0 fully saturated rings. The van der Waals surface area contributed by atoms with Crippen molar-refractivity contribution in [2.24, 2.45) is 0 Å². The SMILES string of the molecule is O=C(Nc1ccc(Br)cc1Cl)N1CCn2c(nnc2C(F)(F)F)C1. The Morgan fingerprint density at radius 1 is 1.29 bits per heavy atom. The van der Waals surface area contributed by atoms with E-state index in [0.29, 0.717) is 10.7 Å². The molecule has 0 bridgehead atoms. The van der Waals surface area contributed by atoms with Crippen molar-refractivity contribution in [3.8, 4) is 0 Å². The van der Waals surface area contributed by atoms with E-state index in [1.165, 1.54) is 4.90 Å². The van der Waals surface area contributed by atoms with E-state index in [-0.39, 0.29) is 25.5 Å². The van der Waals surface area contributed by atoms with Crippen LogP contribution in [0.5, 0.6) is 0 Å². The number of anilines is 1. The Bertz CT molecular complexity index is 794. The lowest BCUT2D eigenvalue weighted by atomic mass is 10.3. The molecule has 1 aliphatic heterocycles. The number of hydrogen-bond donors (Lipinski definition) is 1. The fraction of sp³-hybridized carbons (Fsp3) is 0.308. The fourth-order valence-electron chi connectivity index (χ4n) is 2.33. The second kappa shape index (κ2) is 6.25. The molecule has 128 valence electrons. The van der Waals surface area contributed by atoms with Gasteiger partial charge in [0.25, 0.3) is 0 Å². The van der Waals surface area contributed by atoms with Gasteiger partial charge in [-0.15, -0.1) is 10.2 Å². The van der Waals surface area contributed by atoms with Crippen molar-refractivity contribution in [1.29, 1.82) is 0 Å². The summed E-state index contributed by atoms with van der Waals surface area (Å²) in [5, 5.41) is 9.68. The van der Waals surface area contributed by atoms with Crippen LogP contribution in [-0.2, 0) is 19.3 Å². The molecule has 11 heteroatoms. The van der Waals surface area contributed by atoms with Gasteiger partial charge in [0.2, 0.25) is 5.82 Å². The average Bonchev–Trinajstić information content (AvgIpc) is 2.93. The summed E-state index contributed by atoms with van der Waals surface area (Å²) in [6, 6.07) is 4.49. The number of nitrogens with one attached hydrogen (secondary N) is 1. The lowest BCUT2D eigenvalue weighted by molar-refractivity contribution is -0.147. The number of alkyl halides is 3. The van der Waals surface area contributed by atoms with E-state index in [2.05, 4.69) is 31.4 Å². The number of amides is 2. The quantitative estimate of drug-likeness (QED) is 0.758. The highest BCUT2D eigenvalue weighted by Gasteiger charge is 2.39. The molecule has 1 aromatic carbocycles. The second-order valence-corrected chi connectivity index (χ2v) is 6.39. The van der Waals surface area contributed by atoms with Crippen LogP contribution in [0.25, 0.3) is 0 Å². The van der Waals surface area contributed by atoms with E-state index in [4.69, 9.17) is 11.6 Å². The molecule has 2 heterocycles. The van der Waals surface area contributed by atoms with Crippen LogP contribution in [-0.4, -0.2) is 32.2 Å². The summed E-state index contributed by atoms with van der Waals surface area (Å²) in [5.74, 6) is -0.959. The van der Waals surface area contributed by atoms with Crippen LogP contribution in [0.2, 0.25) is 5.02 Å². The van der Waals surface area contributed by atoms with Crippen LogP contribution < -0.4 is 5.32 Å². The molecular weight excluding hydrogens is 415 g/mol. The summed E-state index contributed by atoms with van der Waals surface area (Å²) in [7, 11) is 0. The van der Waals surface area contributed by atoms with Gasteiger partial charge in [-0.2, -0.15) is 13.2 Å². The number of urea groups is 1. The smallest absolute Gasteiger partial charge is 0.315 e. The first kappa shape index (κ1) is 17.0. The highest BCUT2D eigenvalue weighted by Crippen LogP contribution is 2.30. The molecule has 0 unspecified atom stereocenters. The predicted molar refractivity (Wildman–Crippen MR) is 83.6 cm³/mol. The van der Waals surface area contributed by atoms with Gasteiger partial charge >= 0.3 is 12.2 Å². The predicted octanol–water partition coefficient (Wildman–Crippen LogP) is 3.76. The van der Waals surface area contributed by atoms with Crippen LogP contribution in [0.1, 0.15) is 11.6 Å². The zero-order valence-corrected chi connectivity index (χ0v) is 14.3. The molecule has 2 aromatic rings. The summed E-state index contributed by atoms with van der Waals surface area (Å²) < 4.78 is 40.1. The van der Waals surface area contributed by atoms with Crippen molar-refractivity contribution in [3.63, 3.8) is 0 Å². The zero-order valence-electron chi connectivity index (χ0n) is 11.9. The molecule has 3 rings (SSSR count). The molecule has 2 amide bonds. The first-order chi connectivity index (χ1) is 11.3. The largest absolute Gasteiger partial charge is 0.451 e. The normalized spacial score (nSPS) is 14.5. The molecular formula is C13H10BrClF3N5O. The van der Waals surface area contributed by atoms with Gasteiger partial charge in [0.15, 0.2) is 5.82 Å². The Balaban J connectivity index is 1.73. The molecule has 1 N–H and O–H groups in total. The molecule has 0 aliphatic carbocycles. The summed E-state index contributed by atoms with van der Waals surface area (Å²) in [6.07, 6.45) is -4.57. The van der Waals surface area contributed by atoms with E-state index in [1.54, 1.807) is 18.2 Å². The minimum Gasteiger partial charge on any atom is -0.315 e. The van der Waals surface area contributed by atoms with Gasteiger partial charge in [0.05, 0.1) is 17.3 Å². The maximum atomic E-state index is 12.8. The van der Waals surface area contributed by atoms with Gasteiger partial charge in [-0.1, -0.05) is 27.5 Å². The molecule has 0 saturated heterocycles. The van der Waals surface area contributed by atoms with E-state index < -0.39 is 18.0 Å². The minimum absolute atomic E-state index is 0.0291. The highest BCUT2D eigenvalue weighted by atomic mass is 79.9. The third-order valence-electron chi connectivity index (χ3n) is 3.47. The van der Waals surface area contributed by atoms with Crippen molar-refractivity contribution < 1.29 is 18.0 Å². The Labute approximate surface area is 147 Å². The van der Waals surface area contributed by atoms with Crippen LogP contribution >= 0.6 is 27.5 Å². The average molecular weight is 425 g/mol. The van der Waals surface area contributed by atoms with Crippen LogP contribution in [0.4, 0.5) is 23.7 Å². The second-order valence-electron chi connectivity index (χ2n) is 5.07. The number of nitrogens with zero attached hydrogens (tertiary/aromatic N) is 4. The Morgan fingerprint density at radius 2 is 2.04 bits per heavy atom. The van der Waals surface area contributed by atoms with Crippen molar-refractivity contribution in [1.82, 2.24) is 19.7 Å². The topological polar surface area (TPSA) is 63.1 Å². The lowest BCUT2D eigenvalue weighted by Crippen LogP contribution is -2.41. The highest BCUT2D eigenvalue weighted by molar-refractivity contribution is 9.10. The summed E-state index contributed by atoms with van der Waals surface area (Å²) >= 11 is 9.29. The summed E-state index contributed by atoms with van der Waals surface area (Å²) in [4.78, 5) is 13.6. The van der Waals surface area contributed by atoms with Gasteiger partial charge in [0, 0.05) is 17.6 Å². The Morgan fingerprint density at radius 3 is 2.71 bits per heavy atom. The minimum atomic E-state index is -4.57. The molecule has 1 aromatic heterocycles. The van der Waals surface area contributed by atoms with Crippen molar-refractivity contribution in [2.75, 3.05) is 11.9 Å². The number of benzene rings is 1. The van der Waals surface area contributed by atoms with Crippen LogP contribution in [0, 0.1) is 0 Å². The van der Waals surface area contributed by atoms with Gasteiger partial charge in [-0.3, -0.25) is 0 Å². The summed E-state index contributed by atoms with van der Waals surface area (Å²) in [5.41, 5.74) is 0.410. The van der Waals surface area contributed by atoms with Gasteiger partial charge < -0.3 is 14.8 Å². The Kier molecular flexibility index (Phi) is 4.43. The van der Waals surface area contributed by atoms with Crippen molar-refractivity contribution in [3.05, 3.63) is 39.3 Å². The molecule has 0 spiro atoms. The molecule has 0 radical (unpaired) electrons. The number of rotatable bonds is 1. The molecule has 6 nitrogen and oxygen atoms in total. The summed E-state index contributed by atoms with van der Waals surface area (Å²) in [6.45, 7) is 0.00975. The monoisotopic (exact) mass is 423 g/mol. The first-order valence-electron chi connectivity index (χ1n) is 6.76. The van der Waals surface area contributed by atoms with Crippen LogP contribution in [0.15, 0.2) is 22.7 Å². The standard InChI is InChI=1S/C13H10BrClF3N5O/c14-7-1-2-9(8(15)5-7)19-12(24)22-3-4-23-10(6-22)20-21-11(23)13(16,17)18/h1-2,5H,3-4,6H2,(H,19,24). The third-order valence-corrected chi connectivity index (χ3v) is 4.27. The molecule has 0 saturated carbocycles. The van der Waals surface area contributed by atoms with Crippen LogP contribution in [0.3, 0.4) is 0 Å². The molecule has 24 heavy (non-hydrogen) atoms. The Hall–Kier alpha value is -1.81. The molecule has 0 atom stereocenters. The number of aromatic nitrogens is 3. The van der Waals surface area contributed by atoms with E-state index in [0.717, 1.165) is 9.04 Å². The van der Waals surface area contributed by atoms with E-state index in [1.807, 2.05) is 0 Å². The van der Waals surface area contributed by atoms with E-state index >= 15 is 0 Å². The van der Waals surface area contributed by atoms with Gasteiger partial charge in [0.1, 0.15) is 0 Å². The maximum Gasteiger partial charge on any atom is 0.451 e.